The molecular formula is C22H31N. The zero-order chi connectivity index (χ0) is 16.8. The minimum Gasteiger partial charge on any atom is -0.369 e. The highest BCUT2D eigenvalue weighted by Crippen LogP contribution is 2.26. The van der Waals surface area contributed by atoms with E-state index < -0.39 is 0 Å². The van der Waals surface area contributed by atoms with E-state index in [0.717, 1.165) is 18.9 Å². The Balaban J connectivity index is 0.000000172. The molecule has 3 rings (SSSR count). The Bertz CT molecular complexity index is 554. The molecule has 0 spiro atoms. The Morgan fingerprint density at radius 2 is 1.70 bits per heavy atom. The highest BCUT2D eigenvalue weighted by molar-refractivity contribution is 5.33. The van der Waals surface area contributed by atoms with Gasteiger partial charge in [-0.2, -0.15) is 0 Å². The summed E-state index contributed by atoms with van der Waals surface area (Å²) >= 11 is 0. The van der Waals surface area contributed by atoms with E-state index in [9.17, 15) is 0 Å². The zero-order valence-electron chi connectivity index (χ0n) is 15.0. The molecule has 0 atom stereocenters. The van der Waals surface area contributed by atoms with Crippen LogP contribution in [0.3, 0.4) is 0 Å². The number of benzene rings is 1. The Morgan fingerprint density at radius 1 is 1.09 bits per heavy atom. The number of rotatable bonds is 3. The van der Waals surface area contributed by atoms with Gasteiger partial charge in [0.1, 0.15) is 0 Å². The Hall–Kier alpha value is -1.76. The van der Waals surface area contributed by atoms with Crippen LogP contribution in [0.15, 0.2) is 60.8 Å². The van der Waals surface area contributed by atoms with Crippen LogP contribution in [0.25, 0.3) is 0 Å². The molecule has 0 N–H and O–H groups in total. The Kier molecular flexibility index (Phi) is 6.27. The molecule has 1 nitrogen and oxygen atoms in total. The lowest BCUT2D eigenvalue weighted by Gasteiger charge is -2.35. The maximum absolute atomic E-state index is 3.87. The number of hydrogen-bond acceptors (Lipinski definition) is 1. The molecule has 0 bridgehead atoms. The normalized spacial score (nSPS) is 17.7. The first-order valence-electron chi connectivity index (χ1n) is 8.88. The van der Waals surface area contributed by atoms with Crippen molar-refractivity contribution in [2.75, 3.05) is 6.54 Å². The summed E-state index contributed by atoms with van der Waals surface area (Å²) in [5.74, 6) is 0.873. The zero-order valence-corrected chi connectivity index (χ0v) is 15.0. The van der Waals surface area contributed by atoms with Crippen molar-refractivity contribution in [1.29, 1.82) is 0 Å². The molecule has 1 aliphatic carbocycles. The molecule has 1 heteroatoms. The van der Waals surface area contributed by atoms with Crippen molar-refractivity contribution in [2.24, 2.45) is 5.92 Å². The van der Waals surface area contributed by atoms with Crippen LogP contribution in [-0.4, -0.2) is 17.5 Å². The number of nitrogens with zero attached hydrogens (tertiary/aromatic N) is 1. The summed E-state index contributed by atoms with van der Waals surface area (Å²) in [5.41, 5.74) is 5.75. The van der Waals surface area contributed by atoms with Crippen LogP contribution in [0.2, 0.25) is 0 Å². The number of fused-ring (bicyclic) bond motifs is 1. The molecule has 0 aromatic heterocycles. The van der Waals surface area contributed by atoms with Gasteiger partial charge < -0.3 is 4.90 Å². The van der Waals surface area contributed by atoms with Gasteiger partial charge in [-0.25, -0.2) is 0 Å². The van der Waals surface area contributed by atoms with Crippen molar-refractivity contribution in [3.63, 3.8) is 0 Å². The molecule has 1 aromatic rings. The van der Waals surface area contributed by atoms with E-state index in [0.29, 0.717) is 6.04 Å². The molecule has 23 heavy (non-hydrogen) atoms. The van der Waals surface area contributed by atoms with E-state index >= 15 is 0 Å². The molecule has 124 valence electrons. The third-order valence-corrected chi connectivity index (χ3v) is 4.80. The van der Waals surface area contributed by atoms with Crippen molar-refractivity contribution in [3.8, 4) is 0 Å². The van der Waals surface area contributed by atoms with Crippen LogP contribution in [-0.2, 0) is 12.8 Å². The molecule has 1 heterocycles. The van der Waals surface area contributed by atoms with Gasteiger partial charge in [-0.3, -0.25) is 0 Å². The topological polar surface area (TPSA) is 3.24 Å². The quantitative estimate of drug-likeness (QED) is 0.708. The standard InChI is InChI=1S/C12H19N.C10H12/c1-5-11-8-7-9-13(10(3)4)12(11)6-2;1-8-6-9-4-2-3-5-10(9)7-8/h5-6,10H,1-2,7-9H2,3-4H3;2-5,8H,6-7H2,1H3. The lowest BCUT2D eigenvalue weighted by molar-refractivity contribution is 0.273. The summed E-state index contributed by atoms with van der Waals surface area (Å²) in [6.45, 7) is 15.6. The van der Waals surface area contributed by atoms with Crippen LogP contribution in [0, 0.1) is 5.92 Å². The number of hydrogen-bond donors (Lipinski definition) is 0. The highest BCUT2D eigenvalue weighted by Gasteiger charge is 2.18. The van der Waals surface area contributed by atoms with E-state index in [1.165, 1.54) is 30.5 Å². The second kappa shape index (κ2) is 8.19. The second-order valence-corrected chi connectivity index (χ2v) is 6.99. The second-order valence-electron chi connectivity index (χ2n) is 6.99. The van der Waals surface area contributed by atoms with Crippen molar-refractivity contribution >= 4 is 0 Å². The molecule has 0 amide bonds. The summed E-state index contributed by atoms with van der Waals surface area (Å²) in [5, 5.41) is 0. The maximum atomic E-state index is 3.87. The Morgan fingerprint density at radius 3 is 2.17 bits per heavy atom. The third-order valence-electron chi connectivity index (χ3n) is 4.80. The fourth-order valence-corrected chi connectivity index (χ4v) is 3.64. The van der Waals surface area contributed by atoms with Crippen molar-refractivity contribution in [2.45, 2.75) is 52.5 Å². The first-order chi connectivity index (χ1) is 11.1. The fraction of sp³-hybridized carbons (Fsp3) is 0.455. The summed E-state index contributed by atoms with van der Waals surface area (Å²) in [4.78, 5) is 2.40. The molecule has 0 unspecified atom stereocenters. The summed E-state index contributed by atoms with van der Waals surface area (Å²) < 4.78 is 0. The van der Waals surface area contributed by atoms with Crippen LogP contribution in [0.1, 0.15) is 44.7 Å². The van der Waals surface area contributed by atoms with Crippen molar-refractivity contribution in [3.05, 3.63) is 72.0 Å². The summed E-state index contributed by atoms with van der Waals surface area (Å²) in [7, 11) is 0. The first kappa shape index (κ1) is 17.6. The van der Waals surface area contributed by atoms with Gasteiger partial charge in [0.2, 0.25) is 0 Å². The molecule has 0 saturated heterocycles. The van der Waals surface area contributed by atoms with Gasteiger partial charge in [-0.05, 0) is 68.2 Å². The highest BCUT2D eigenvalue weighted by atomic mass is 15.2. The first-order valence-corrected chi connectivity index (χ1v) is 8.88. The third kappa shape index (κ3) is 4.37. The van der Waals surface area contributed by atoms with Gasteiger partial charge in [0.15, 0.2) is 0 Å². The molecule has 1 aromatic carbocycles. The predicted octanol–water partition coefficient (Wildman–Crippen LogP) is 5.54. The van der Waals surface area contributed by atoms with Gasteiger partial charge in [0.25, 0.3) is 0 Å². The van der Waals surface area contributed by atoms with E-state index in [1.807, 2.05) is 12.2 Å². The average Bonchev–Trinajstić information content (AvgIpc) is 2.94. The van der Waals surface area contributed by atoms with E-state index in [4.69, 9.17) is 0 Å². The van der Waals surface area contributed by atoms with E-state index in [-0.39, 0.29) is 0 Å². The maximum Gasteiger partial charge on any atom is 0.0394 e. The van der Waals surface area contributed by atoms with Crippen LogP contribution in [0.5, 0.6) is 0 Å². The van der Waals surface area contributed by atoms with Crippen LogP contribution >= 0.6 is 0 Å². The smallest absolute Gasteiger partial charge is 0.0394 e. The minimum absolute atomic E-state index is 0.559. The van der Waals surface area contributed by atoms with E-state index in [2.05, 4.69) is 63.1 Å². The lowest BCUT2D eigenvalue weighted by Crippen LogP contribution is -2.33. The van der Waals surface area contributed by atoms with Gasteiger partial charge in [-0.15, -0.1) is 0 Å². The fourth-order valence-electron chi connectivity index (χ4n) is 3.64. The molecule has 2 aliphatic rings. The molecular weight excluding hydrogens is 278 g/mol. The van der Waals surface area contributed by atoms with E-state index in [1.54, 1.807) is 11.1 Å². The largest absolute Gasteiger partial charge is 0.369 e. The van der Waals surface area contributed by atoms with Gasteiger partial charge in [-0.1, -0.05) is 50.4 Å². The Labute approximate surface area is 142 Å². The predicted molar refractivity (Wildman–Crippen MR) is 102 cm³/mol. The molecule has 0 radical (unpaired) electrons. The summed E-state index contributed by atoms with van der Waals surface area (Å²) in [6.07, 6.45) is 8.87. The van der Waals surface area contributed by atoms with Crippen LogP contribution < -0.4 is 0 Å². The number of allylic oxidation sites excluding steroid dienone is 3. The van der Waals surface area contributed by atoms with Crippen molar-refractivity contribution in [1.82, 2.24) is 4.90 Å². The average molecular weight is 309 g/mol. The molecule has 0 fully saturated rings. The minimum atomic E-state index is 0.559. The van der Waals surface area contributed by atoms with Crippen LogP contribution in [0.4, 0.5) is 0 Å². The van der Waals surface area contributed by atoms with Gasteiger partial charge >= 0.3 is 0 Å². The monoisotopic (exact) mass is 309 g/mol. The summed E-state index contributed by atoms with van der Waals surface area (Å²) in [6, 6.07) is 9.33. The van der Waals surface area contributed by atoms with Crippen molar-refractivity contribution < 1.29 is 0 Å². The lowest BCUT2D eigenvalue weighted by atomic mass is 10.0. The van der Waals surface area contributed by atoms with Gasteiger partial charge in [0.05, 0.1) is 0 Å². The molecule has 0 saturated carbocycles. The SMILES string of the molecule is C=CC1=C(C=C)N(C(C)C)CCC1.CC1Cc2ccccc2C1. The van der Waals surface area contributed by atoms with Gasteiger partial charge in [0, 0.05) is 18.3 Å². The molecule has 1 aliphatic heterocycles.